The molecule has 1 atom stereocenters. The molecular weight excluding hydrogens is 251 g/mol. The Morgan fingerprint density at radius 1 is 1.27 bits per heavy atom. The first-order chi connectivity index (χ1) is 5.34. The number of aliphatic hydroxyl groups excluding tert-OH is 1. The van der Waals surface area contributed by atoms with Crippen LogP contribution in [-0.4, -0.2) is 5.11 Å². The van der Waals surface area contributed by atoms with Crippen LogP contribution in [0.2, 0.25) is 0 Å². The summed E-state index contributed by atoms with van der Waals surface area (Å²) in [6, 6.07) is 9.58. The van der Waals surface area contributed by atoms with E-state index in [1.807, 2.05) is 34.4 Å². The molecule has 58 valence electrons. The van der Waals surface area contributed by atoms with Gasteiger partial charge >= 0.3 is 0 Å². The molecule has 0 amide bonds. The molecule has 0 aliphatic carbocycles. The van der Waals surface area contributed by atoms with E-state index in [1.165, 1.54) is 0 Å². The lowest BCUT2D eigenvalue weighted by Gasteiger charge is -2.03. The number of benzene rings is 1. The molecule has 0 heterocycles. The van der Waals surface area contributed by atoms with E-state index in [4.69, 9.17) is 0 Å². The van der Waals surface area contributed by atoms with Crippen molar-refractivity contribution < 1.29 is 5.11 Å². The Bertz CT molecular complexity index is 231. The third-order valence-electron chi connectivity index (χ3n) is 1.40. The maximum Gasteiger partial charge on any atom is 0.0979 e. The SMILES string of the molecule is OC(/C=C/I)c1ccccc1. The van der Waals surface area contributed by atoms with Gasteiger partial charge in [-0.2, -0.15) is 0 Å². The van der Waals surface area contributed by atoms with Crippen molar-refractivity contribution in [1.29, 1.82) is 0 Å². The van der Waals surface area contributed by atoms with Crippen molar-refractivity contribution >= 4 is 22.6 Å². The zero-order valence-electron chi connectivity index (χ0n) is 5.94. The average molecular weight is 260 g/mol. The van der Waals surface area contributed by atoms with Crippen LogP contribution in [0.15, 0.2) is 40.5 Å². The first kappa shape index (κ1) is 8.74. The molecule has 1 N–H and O–H groups in total. The van der Waals surface area contributed by atoms with Gasteiger partial charge in [-0.05, 0) is 15.7 Å². The number of rotatable bonds is 2. The summed E-state index contributed by atoms with van der Waals surface area (Å²) in [5.41, 5.74) is 0.931. The van der Waals surface area contributed by atoms with Crippen molar-refractivity contribution in [2.24, 2.45) is 0 Å². The summed E-state index contributed by atoms with van der Waals surface area (Å²) in [6.45, 7) is 0. The van der Waals surface area contributed by atoms with E-state index in [2.05, 4.69) is 22.6 Å². The highest BCUT2D eigenvalue weighted by Crippen LogP contribution is 2.13. The lowest BCUT2D eigenvalue weighted by atomic mass is 10.1. The summed E-state index contributed by atoms with van der Waals surface area (Å²) in [5.74, 6) is 0. The minimum atomic E-state index is -0.465. The summed E-state index contributed by atoms with van der Waals surface area (Å²) >= 11 is 2.09. The van der Waals surface area contributed by atoms with E-state index in [1.54, 1.807) is 6.08 Å². The molecular formula is C9H9IO. The highest BCUT2D eigenvalue weighted by molar-refractivity contribution is 14.1. The Labute approximate surface area is 79.9 Å². The standard InChI is InChI=1S/C9H9IO/c10-7-6-9(11)8-4-2-1-3-5-8/h1-7,9,11H/b7-6+. The van der Waals surface area contributed by atoms with Gasteiger partial charge in [0.2, 0.25) is 0 Å². The summed E-state index contributed by atoms with van der Waals surface area (Å²) in [4.78, 5) is 0. The van der Waals surface area contributed by atoms with Crippen molar-refractivity contribution in [2.45, 2.75) is 6.10 Å². The fourth-order valence-electron chi connectivity index (χ4n) is 0.830. The van der Waals surface area contributed by atoms with Crippen LogP contribution < -0.4 is 0 Å². The first-order valence-electron chi connectivity index (χ1n) is 3.34. The zero-order valence-corrected chi connectivity index (χ0v) is 8.10. The average Bonchev–Trinajstić information content (AvgIpc) is 2.07. The second kappa shape index (κ2) is 4.51. The molecule has 0 fully saturated rings. The predicted molar refractivity (Wildman–Crippen MR) is 54.6 cm³/mol. The summed E-state index contributed by atoms with van der Waals surface area (Å²) in [6.07, 6.45) is 1.28. The minimum absolute atomic E-state index is 0.465. The molecule has 0 spiro atoms. The number of hydrogen-bond donors (Lipinski definition) is 1. The molecule has 0 aliphatic heterocycles. The van der Waals surface area contributed by atoms with Gasteiger partial charge in [-0.15, -0.1) is 0 Å². The van der Waals surface area contributed by atoms with E-state index < -0.39 is 6.10 Å². The third kappa shape index (κ3) is 2.63. The topological polar surface area (TPSA) is 20.2 Å². The normalized spacial score (nSPS) is 13.6. The Morgan fingerprint density at radius 3 is 2.45 bits per heavy atom. The van der Waals surface area contributed by atoms with Gasteiger partial charge in [0.1, 0.15) is 0 Å². The Kier molecular flexibility index (Phi) is 3.59. The van der Waals surface area contributed by atoms with E-state index in [9.17, 15) is 5.11 Å². The monoisotopic (exact) mass is 260 g/mol. The summed E-state index contributed by atoms with van der Waals surface area (Å²) in [7, 11) is 0. The van der Waals surface area contributed by atoms with Crippen molar-refractivity contribution in [3.8, 4) is 0 Å². The molecule has 0 aromatic heterocycles. The van der Waals surface area contributed by atoms with E-state index >= 15 is 0 Å². The molecule has 1 nitrogen and oxygen atoms in total. The van der Waals surface area contributed by atoms with Gasteiger partial charge in [-0.25, -0.2) is 0 Å². The van der Waals surface area contributed by atoms with Crippen LogP contribution in [0.3, 0.4) is 0 Å². The van der Waals surface area contributed by atoms with Crippen LogP contribution in [0.4, 0.5) is 0 Å². The van der Waals surface area contributed by atoms with Gasteiger partial charge in [0.05, 0.1) is 6.10 Å². The van der Waals surface area contributed by atoms with E-state index in [0.717, 1.165) is 5.56 Å². The summed E-state index contributed by atoms with van der Waals surface area (Å²) in [5, 5.41) is 9.43. The number of halogens is 1. The fraction of sp³-hybridized carbons (Fsp3) is 0.111. The minimum Gasteiger partial charge on any atom is -0.384 e. The van der Waals surface area contributed by atoms with Gasteiger partial charge in [0, 0.05) is 0 Å². The molecule has 0 radical (unpaired) electrons. The molecule has 2 heteroatoms. The predicted octanol–water partition coefficient (Wildman–Crippen LogP) is 2.67. The van der Waals surface area contributed by atoms with Crippen molar-refractivity contribution in [1.82, 2.24) is 0 Å². The Balaban J connectivity index is 2.76. The van der Waals surface area contributed by atoms with Crippen LogP contribution in [0.25, 0.3) is 0 Å². The maximum absolute atomic E-state index is 9.43. The fourth-order valence-corrected chi connectivity index (χ4v) is 1.22. The molecule has 1 unspecified atom stereocenters. The van der Waals surface area contributed by atoms with Crippen LogP contribution in [0, 0.1) is 0 Å². The van der Waals surface area contributed by atoms with Gasteiger partial charge in [-0.1, -0.05) is 52.9 Å². The number of hydrogen-bond acceptors (Lipinski definition) is 1. The second-order valence-corrected chi connectivity index (χ2v) is 2.89. The highest BCUT2D eigenvalue weighted by atomic mass is 127. The van der Waals surface area contributed by atoms with Crippen LogP contribution >= 0.6 is 22.6 Å². The molecule has 0 saturated heterocycles. The van der Waals surface area contributed by atoms with Crippen LogP contribution in [-0.2, 0) is 0 Å². The zero-order chi connectivity index (χ0) is 8.10. The van der Waals surface area contributed by atoms with E-state index in [0.29, 0.717) is 0 Å². The van der Waals surface area contributed by atoms with Gasteiger partial charge < -0.3 is 5.11 Å². The Hall–Kier alpha value is -0.350. The first-order valence-corrected chi connectivity index (χ1v) is 4.59. The summed E-state index contributed by atoms with van der Waals surface area (Å²) < 4.78 is 1.81. The molecule has 1 aromatic carbocycles. The lowest BCUT2D eigenvalue weighted by Crippen LogP contribution is -1.90. The molecule has 1 aromatic rings. The van der Waals surface area contributed by atoms with Crippen molar-refractivity contribution in [2.75, 3.05) is 0 Å². The quantitative estimate of drug-likeness (QED) is 0.810. The molecule has 11 heavy (non-hydrogen) atoms. The van der Waals surface area contributed by atoms with Gasteiger partial charge in [-0.3, -0.25) is 0 Å². The van der Waals surface area contributed by atoms with Crippen LogP contribution in [0.1, 0.15) is 11.7 Å². The van der Waals surface area contributed by atoms with E-state index in [-0.39, 0.29) is 0 Å². The van der Waals surface area contributed by atoms with Crippen molar-refractivity contribution in [3.63, 3.8) is 0 Å². The maximum atomic E-state index is 9.43. The molecule has 0 aliphatic rings. The van der Waals surface area contributed by atoms with Gasteiger partial charge in [0.25, 0.3) is 0 Å². The lowest BCUT2D eigenvalue weighted by molar-refractivity contribution is 0.229. The third-order valence-corrected chi connectivity index (χ3v) is 1.81. The van der Waals surface area contributed by atoms with Crippen LogP contribution in [0.5, 0.6) is 0 Å². The molecule has 0 bridgehead atoms. The second-order valence-electron chi connectivity index (χ2n) is 2.17. The highest BCUT2D eigenvalue weighted by Gasteiger charge is 1.99. The number of aliphatic hydroxyl groups is 1. The molecule has 0 saturated carbocycles. The largest absolute Gasteiger partial charge is 0.384 e. The Morgan fingerprint density at radius 2 is 1.91 bits per heavy atom. The molecule has 1 rings (SSSR count). The van der Waals surface area contributed by atoms with Gasteiger partial charge in [0.15, 0.2) is 0 Å². The smallest absolute Gasteiger partial charge is 0.0979 e. The van der Waals surface area contributed by atoms with Crippen molar-refractivity contribution in [3.05, 3.63) is 46.1 Å².